The van der Waals surface area contributed by atoms with Gasteiger partial charge in [0.25, 0.3) is 0 Å². The smallest absolute Gasteiger partial charge is 0.304 e. The van der Waals surface area contributed by atoms with Gasteiger partial charge < -0.3 is 10.4 Å². The number of thioether (sulfide) groups is 1. The Morgan fingerprint density at radius 2 is 2.09 bits per heavy atom. The van der Waals surface area contributed by atoms with Gasteiger partial charge >= 0.3 is 5.97 Å². The monoisotopic (exact) mass is 377 g/mol. The van der Waals surface area contributed by atoms with Gasteiger partial charge in [0.2, 0.25) is 5.91 Å². The molecular formula is C16H21Cl2NO3S. The highest BCUT2D eigenvalue weighted by molar-refractivity contribution is 7.99. The van der Waals surface area contributed by atoms with E-state index in [2.05, 4.69) is 12.2 Å². The van der Waals surface area contributed by atoms with E-state index in [1.807, 2.05) is 6.07 Å². The summed E-state index contributed by atoms with van der Waals surface area (Å²) in [5, 5.41) is 12.6. The quantitative estimate of drug-likeness (QED) is 0.599. The van der Waals surface area contributed by atoms with Gasteiger partial charge in [-0.15, -0.1) is 0 Å². The average molecular weight is 378 g/mol. The molecule has 1 amide bonds. The fourth-order valence-corrected chi connectivity index (χ4v) is 3.47. The van der Waals surface area contributed by atoms with Crippen molar-refractivity contribution in [2.24, 2.45) is 0 Å². The standard InChI is InChI=1S/C16H21Cl2NO3S/c1-2-3-11(13-5-4-12(17)8-14(13)18)9-19-15(20)10-23-7-6-16(21)22/h4-5,8,11H,2-3,6-7,9-10H2,1H3,(H,19,20)(H,21,22). The number of carboxylic acids is 1. The first-order valence-electron chi connectivity index (χ1n) is 7.45. The fourth-order valence-electron chi connectivity index (χ4n) is 2.16. The molecule has 0 saturated carbocycles. The third kappa shape index (κ3) is 7.95. The first-order chi connectivity index (χ1) is 10.9. The average Bonchev–Trinajstić information content (AvgIpc) is 2.48. The van der Waals surface area contributed by atoms with Gasteiger partial charge in [-0.3, -0.25) is 9.59 Å². The summed E-state index contributed by atoms with van der Waals surface area (Å²) in [6, 6.07) is 5.42. The van der Waals surface area contributed by atoms with Gasteiger partial charge in [0, 0.05) is 28.3 Å². The summed E-state index contributed by atoms with van der Waals surface area (Å²) in [6.07, 6.45) is 1.96. The summed E-state index contributed by atoms with van der Waals surface area (Å²) in [7, 11) is 0. The highest BCUT2D eigenvalue weighted by atomic mass is 35.5. The van der Waals surface area contributed by atoms with Gasteiger partial charge in [-0.1, -0.05) is 42.6 Å². The maximum atomic E-state index is 11.8. The molecule has 0 aromatic heterocycles. The Hall–Kier alpha value is -0.910. The minimum atomic E-state index is -0.849. The van der Waals surface area contributed by atoms with E-state index < -0.39 is 5.97 Å². The number of amides is 1. The Labute approximate surface area is 150 Å². The van der Waals surface area contributed by atoms with E-state index in [0.717, 1.165) is 18.4 Å². The lowest BCUT2D eigenvalue weighted by Gasteiger charge is -2.19. The van der Waals surface area contributed by atoms with E-state index in [4.69, 9.17) is 28.3 Å². The summed E-state index contributed by atoms with van der Waals surface area (Å²) < 4.78 is 0. The number of rotatable bonds is 10. The van der Waals surface area contributed by atoms with Gasteiger partial charge in [0.05, 0.1) is 12.2 Å². The third-order valence-corrected chi connectivity index (χ3v) is 4.80. The lowest BCUT2D eigenvalue weighted by atomic mass is 9.94. The predicted octanol–water partition coefficient (Wildman–Crippen LogP) is 4.20. The maximum absolute atomic E-state index is 11.8. The molecule has 1 atom stereocenters. The second-order valence-corrected chi connectivity index (χ2v) is 7.10. The zero-order valence-corrected chi connectivity index (χ0v) is 15.3. The molecule has 1 aromatic carbocycles. The second-order valence-electron chi connectivity index (χ2n) is 5.15. The van der Waals surface area contributed by atoms with Gasteiger partial charge in [-0.05, 0) is 24.1 Å². The molecular weight excluding hydrogens is 357 g/mol. The number of hydrogen-bond donors (Lipinski definition) is 2. The Balaban J connectivity index is 2.49. The Morgan fingerprint density at radius 3 is 2.70 bits per heavy atom. The minimum Gasteiger partial charge on any atom is -0.481 e. The predicted molar refractivity (Wildman–Crippen MR) is 96.7 cm³/mol. The Kier molecular flexibility index (Phi) is 9.44. The van der Waals surface area contributed by atoms with Crippen LogP contribution in [0, 0.1) is 0 Å². The minimum absolute atomic E-state index is 0.0663. The zero-order chi connectivity index (χ0) is 17.2. The molecule has 0 fully saturated rings. The SMILES string of the molecule is CCCC(CNC(=O)CSCCC(=O)O)c1ccc(Cl)cc1Cl. The van der Waals surface area contributed by atoms with Crippen LogP contribution in [0.15, 0.2) is 18.2 Å². The van der Waals surface area contributed by atoms with Crippen molar-refractivity contribution in [3.8, 4) is 0 Å². The zero-order valence-electron chi connectivity index (χ0n) is 13.0. The van der Waals surface area contributed by atoms with Crippen molar-refractivity contribution in [1.82, 2.24) is 5.32 Å². The van der Waals surface area contributed by atoms with Crippen molar-refractivity contribution >= 4 is 46.8 Å². The number of aliphatic carboxylic acids is 1. The summed E-state index contributed by atoms with van der Waals surface area (Å²) >= 11 is 13.5. The van der Waals surface area contributed by atoms with Crippen LogP contribution in [0.25, 0.3) is 0 Å². The molecule has 1 rings (SSSR count). The van der Waals surface area contributed by atoms with Crippen LogP contribution in [0.4, 0.5) is 0 Å². The largest absolute Gasteiger partial charge is 0.481 e. The second kappa shape index (κ2) is 10.8. The molecule has 0 aliphatic carbocycles. The summed E-state index contributed by atoms with van der Waals surface area (Å²) in [5.74, 6) is -0.104. The highest BCUT2D eigenvalue weighted by Gasteiger charge is 2.15. The van der Waals surface area contributed by atoms with E-state index in [1.165, 1.54) is 11.8 Å². The molecule has 0 aliphatic rings. The van der Waals surface area contributed by atoms with Crippen LogP contribution in [0.1, 0.15) is 37.7 Å². The van der Waals surface area contributed by atoms with Gasteiger partial charge in [0.1, 0.15) is 0 Å². The molecule has 0 spiro atoms. The molecule has 0 heterocycles. The van der Waals surface area contributed by atoms with Crippen molar-refractivity contribution in [1.29, 1.82) is 0 Å². The molecule has 1 aromatic rings. The normalized spacial score (nSPS) is 12.0. The van der Waals surface area contributed by atoms with Crippen LogP contribution in [0.5, 0.6) is 0 Å². The first-order valence-corrected chi connectivity index (χ1v) is 9.36. The Morgan fingerprint density at radius 1 is 1.35 bits per heavy atom. The molecule has 0 saturated heterocycles. The van der Waals surface area contributed by atoms with E-state index in [0.29, 0.717) is 22.3 Å². The molecule has 128 valence electrons. The maximum Gasteiger partial charge on any atom is 0.304 e. The van der Waals surface area contributed by atoms with Crippen LogP contribution in [0.2, 0.25) is 10.0 Å². The number of benzene rings is 1. The highest BCUT2D eigenvalue weighted by Crippen LogP contribution is 2.30. The molecule has 23 heavy (non-hydrogen) atoms. The van der Waals surface area contributed by atoms with Crippen molar-refractivity contribution in [3.63, 3.8) is 0 Å². The van der Waals surface area contributed by atoms with Crippen LogP contribution < -0.4 is 5.32 Å². The molecule has 0 radical (unpaired) electrons. The number of carbonyl (C=O) groups is 2. The number of halogens is 2. The lowest BCUT2D eigenvalue weighted by Crippen LogP contribution is -2.30. The van der Waals surface area contributed by atoms with Gasteiger partial charge in [-0.2, -0.15) is 11.8 Å². The van der Waals surface area contributed by atoms with Crippen LogP contribution >= 0.6 is 35.0 Å². The summed E-state index contributed by atoms with van der Waals surface area (Å²) in [5.41, 5.74) is 0.983. The number of carboxylic acid groups (broad SMARTS) is 1. The molecule has 7 heteroatoms. The van der Waals surface area contributed by atoms with Crippen molar-refractivity contribution in [2.45, 2.75) is 32.1 Å². The van der Waals surface area contributed by atoms with Gasteiger partial charge in [0.15, 0.2) is 0 Å². The van der Waals surface area contributed by atoms with E-state index in [9.17, 15) is 9.59 Å². The number of carbonyl (C=O) groups excluding carboxylic acids is 1. The van der Waals surface area contributed by atoms with Crippen LogP contribution in [-0.2, 0) is 9.59 Å². The van der Waals surface area contributed by atoms with Gasteiger partial charge in [-0.25, -0.2) is 0 Å². The number of hydrogen-bond acceptors (Lipinski definition) is 3. The molecule has 2 N–H and O–H groups in total. The molecule has 4 nitrogen and oxygen atoms in total. The Bertz CT molecular complexity index is 540. The fraction of sp³-hybridized carbons (Fsp3) is 0.500. The molecule has 0 bridgehead atoms. The first kappa shape index (κ1) is 20.1. The number of nitrogens with one attached hydrogen (secondary N) is 1. The molecule has 1 unspecified atom stereocenters. The van der Waals surface area contributed by atoms with Crippen molar-refractivity contribution in [3.05, 3.63) is 33.8 Å². The van der Waals surface area contributed by atoms with Crippen molar-refractivity contribution in [2.75, 3.05) is 18.1 Å². The van der Waals surface area contributed by atoms with Crippen molar-refractivity contribution < 1.29 is 14.7 Å². The van der Waals surface area contributed by atoms with E-state index >= 15 is 0 Å². The van der Waals surface area contributed by atoms with Crippen LogP contribution in [0.3, 0.4) is 0 Å². The summed E-state index contributed by atoms with van der Waals surface area (Å²) in [4.78, 5) is 22.2. The third-order valence-electron chi connectivity index (χ3n) is 3.28. The van der Waals surface area contributed by atoms with E-state index in [1.54, 1.807) is 12.1 Å². The lowest BCUT2D eigenvalue weighted by molar-refractivity contribution is -0.136. The molecule has 0 aliphatic heterocycles. The van der Waals surface area contributed by atoms with E-state index in [-0.39, 0.29) is 24.0 Å². The topological polar surface area (TPSA) is 66.4 Å². The van der Waals surface area contributed by atoms with Crippen LogP contribution in [-0.4, -0.2) is 35.0 Å². The summed E-state index contributed by atoms with van der Waals surface area (Å²) in [6.45, 7) is 2.59.